The second-order valence-electron chi connectivity index (χ2n) is 7.99. The van der Waals surface area contributed by atoms with Gasteiger partial charge in [0.2, 0.25) is 0 Å². The number of nitrogens with zero attached hydrogens (tertiary/aromatic N) is 3. The van der Waals surface area contributed by atoms with Crippen molar-refractivity contribution in [2.45, 2.75) is 44.9 Å². The largest absolute Gasteiger partial charge is 0.306 e. The first kappa shape index (κ1) is 18.6. The monoisotopic (exact) mass is 405 g/mol. The zero-order valence-electron chi connectivity index (χ0n) is 16.9. The van der Waals surface area contributed by atoms with Crippen LogP contribution in [0.5, 0.6) is 0 Å². The van der Waals surface area contributed by atoms with Crippen LogP contribution in [0.4, 0.5) is 0 Å². The first-order valence-electron chi connectivity index (χ1n) is 10.3. The Morgan fingerprint density at radius 1 is 1.07 bits per heavy atom. The van der Waals surface area contributed by atoms with Crippen molar-refractivity contribution < 1.29 is 0 Å². The summed E-state index contributed by atoms with van der Waals surface area (Å²) in [5.74, 6) is 1.03. The number of rotatable bonds is 4. The molecule has 0 aromatic heterocycles. The molecule has 0 saturated carbocycles. The molecular weight excluding hydrogens is 378 g/mol. The number of amidine groups is 1. The first-order chi connectivity index (χ1) is 14.2. The van der Waals surface area contributed by atoms with E-state index in [1.807, 2.05) is 11.8 Å². The number of hydrazone groups is 1. The summed E-state index contributed by atoms with van der Waals surface area (Å²) in [6.07, 6.45) is 6.59. The van der Waals surface area contributed by atoms with Gasteiger partial charge in [0.15, 0.2) is 5.17 Å². The van der Waals surface area contributed by atoms with Gasteiger partial charge in [0.25, 0.3) is 0 Å². The number of benzene rings is 2. The van der Waals surface area contributed by atoms with Crippen LogP contribution in [0.1, 0.15) is 34.7 Å². The first-order valence-corrected chi connectivity index (χ1v) is 11.3. The summed E-state index contributed by atoms with van der Waals surface area (Å²) < 4.78 is 0. The molecule has 0 spiro atoms. The van der Waals surface area contributed by atoms with Gasteiger partial charge in [-0.25, -0.2) is 5.43 Å². The van der Waals surface area contributed by atoms with Crippen molar-refractivity contribution in [3.05, 3.63) is 83.2 Å². The third-order valence-corrected chi connectivity index (χ3v) is 7.07. The van der Waals surface area contributed by atoms with E-state index >= 15 is 0 Å². The fraction of sp³-hybridized carbons (Fsp3) is 0.348. The van der Waals surface area contributed by atoms with E-state index in [0.717, 1.165) is 23.8 Å². The highest BCUT2D eigenvalue weighted by atomic mass is 32.2. The van der Waals surface area contributed by atoms with Gasteiger partial charge < -0.3 is 9.91 Å². The molecule has 1 saturated heterocycles. The molecule has 3 aliphatic heterocycles. The molecule has 150 valence electrons. The quantitative estimate of drug-likeness (QED) is 0.808. The number of nitrogens with one attached hydrogen (secondary N) is 2. The number of thioether (sulfide) groups is 1. The van der Waals surface area contributed by atoms with E-state index in [1.165, 1.54) is 22.3 Å². The maximum atomic E-state index is 4.65. The lowest BCUT2D eigenvalue weighted by Crippen LogP contribution is -2.54. The molecule has 2 aromatic carbocycles. The van der Waals surface area contributed by atoms with E-state index in [1.54, 1.807) is 0 Å². The molecule has 1 fully saturated rings. The average Bonchev–Trinajstić information content (AvgIpc) is 3.35. The molecule has 3 atom stereocenters. The Hall–Kier alpha value is -2.44. The van der Waals surface area contributed by atoms with Crippen LogP contribution < -0.4 is 10.9 Å². The summed E-state index contributed by atoms with van der Waals surface area (Å²) in [5, 5.41) is 7.96. The van der Waals surface area contributed by atoms with E-state index in [0.29, 0.717) is 12.1 Å². The van der Waals surface area contributed by atoms with Crippen LogP contribution in [0, 0.1) is 13.8 Å². The lowest BCUT2D eigenvalue weighted by Gasteiger charge is -2.36. The fourth-order valence-corrected chi connectivity index (χ4v) is 5.21. The van der Waals surface area contributed by atoms with Crippen LogP contribution in [0.2, 0.25) is 0 Å². The number of aryl methyl sites for hydroxylation is 3. The third kappa shape index (κ3) is 3.63. The standard InChI is InChI=1S/C23H27N5S/c1-16-8-9-19(14-17(16)2)20-15-21-22-24-25-23(27(22)11-12-28(21)26-20)29-13-10-18-6-4-3-5-7-18/h3-9,11-12,14,20-22,24,26H,10,13,15H2,1-2H3. The number of hydrogen-bond donors (Lipinski definition) is 2. The minimum atomic E-state index is 0.184. The lowest BCUT2D eigenvalue weighted by molar-refractivity contribution is 0.152. The van der Waals surface area contributed by atoms with Crippen molar-refractivity contribution in [1.29, 1.82) is 0 Å². The lowest BCUT2D eigenvalue weighted by atomic mass is 9.97. The molecule has 5 rings (SSSR count). The van der Waals surface area contributed by atoms with Crippen molar-refractivity contribution in [2.24, 2.45) is 5.10 Å². The summed E-state index contributed by atoms with van der Waals surface area (Å²) in [6, 6.07) is 18.1. The van der Waals surface area contributed by atoms with Gasteiger partial charge in [0.1, 0.15) is 6.17 Å². The highest BCUT2D eigenvalue weighted by molar-refractivity contribution is 8.13. The van der Waals surface area contributed by atoms with Gasteiger partial charge in [-0.3, -0.25) is 5.43 Å². The molecule has 0 amide bonds. The van der Waals surface area contributed by atoms with Crippen LogP contribution in [-0.2, 0) is 6.42 Å². The minimum Gasteiger partial charge on any atom is -0.306 e. The molecule has 2 aromatic rings. The molecule has 29 heavy (non-hydrogen) atoms. The van der Waals surface area contributed by atoms with Crippen molar-refractivity contribution >= 4 is 16.9 Å². The molecule has 2 N–H and O–H groups in total. The maximum absolute atomic E-state index is 4.65. The number of hydrogen-bond acceptors (Lipinski definition) is 6. The highest BCUT2D eigenvalue weighted by Gasteiger charge is 2.44. The van der Waals surface area contributed by atoms with E-state index in [2.05, 4.69) is 101 Å². The number of fused-ring (bicyclic) bond motifs is 3. The normalized spacial score (nSPS) is 24.9. The molecule has 3 aliphatic rings. The average molecular weight is 406 g/mol. The van der Waals surface area contributed by atoms with Crippen molar-refractivity contribution in [2.75, 3.05) is 5.75 Å². The second kappa shape index (κ2) is 7.76. The Balaban J connectivity index is 1.22. The summed E-state index contributed by atoms with van der Waals surface area (Å²) >= 11 is 1.82. The van der Waals surface area contributed by atoms with E-state index in [9.17, 15) is 0 Å². The van der Waals surface area contributed by atoms with Gasteiger partial charge >= 0.3 is 0 Å². The van der Waals surface area contributed by atoms with Gasteiger partial charge in [-0.2, -0.15) is 5.10 Å². The Morgan fingerprint density at radius 2 is 1.93 bits per heavy atom. The molecule has 0 radical (unpaired) electrons. The van der Waals surface area contributed by atoms with Crippen molar-refractivity contribution in [3.63, 3.8) is 0 Å². The molecule has 5 nitrogen and oxygen atoms in total. The third-order valence-electron chi connectivity index (χ3n) is 6.10. The van der Waals surface area contributed by atoms with Crippen molar-refractivity contribution in [3.8, 4) is 0 Å². The molecule has 6 heteroatoms. The predicted octanol–water partition coefficient (Wildman–Crippen LogP) is 3.89. The summed E-state index contributed by atoms with van der Waals surface area (Å²) in [4.78, 5) is 2.29. The molecule has 3 unspecified atom stereocenters. The van der Waals surface area contributed by atoms with Gasteiger partial charge in [-0.15, -0.1) is 0 Å². The molecule has 3 heterocycles. The van der Waals surface area contributed by atoms with Crippen LogP contribution in [0.3, 0.4) is 0 Å². The predicted molar refractivity (Wildman–Crippen MR) is 120 cm³/mol. The Morgan fingerprint density at radius 3 is 2.76 bits per heavy atom. The van der Waals surface area contributed by atoms with Crippen LogP contribution in [0.15, 0.2) is 66.0 Å². The van der Waals surface area contributed by atoms with Crippen molar-refractivity contribution in [1.82, 2.24) is 20.8 Å². The zero-order chi connectivity index (χ0) is 19.8. The Labute approximate surface area is 176 Å². The van der Waals surface area contributed by atoms with Crippen LogP contribution in [-0.4, -0.2) is 33.0 Å². The van der Waals surface area contributed by atoms with E-state index in [-0.39, 0.29) is 6.17 Å². The molecule has 0 aliphatic carbocycles. The molecular formula is C23H27N5S. The zero-order valence-corrected chi connectivity index (χ0v) is 17.7. The Bertz CT molecular complexity index is 942. The smallest absolute Gasteiger partial charge is 0.188 e. The fourth-order valence-electron chi connectivity index (χ4n) is 4.25. The van der Waals surface area contributed by atoms with Gasteiger partial charge in [-0.05, 0) is 48.9 Å². The Kier molecular flexibility index (Phi) is 4.97. The summed E-state index contributed by atoms with van der Waals surface area (Å²) in [7, 11) is 0. The second-order valence-corrected chi connectivity index (χ2v) is 9.06. The van der Waals surface area contributed by atoms with Crippen LogP contribution in [0.25, 0.3) is 0 Å². The summed E-state index contributed by atoms with van der Waals surface area (Å²) in [6.45, 7) is 4.36. The van der Waals surface area contributed by atoms with Gasteiger partial charge in [0.05, 0.1) is 12.1 Å². The van der Waals surface area contributed by atoms with Gasteiger partial charge in [0, 0.05) is 18.2 Å². The number of hydrazine groups is 1. The van der Waals surface area contributed by atoms with Crippen LogP contribution >= 0.6 is 11.8 Å². The topological polar surface area (TPSA) is 42.9 Å². The van der Waals surface area contributed by atoms with Gasteiger partial charge in [-0.1, -0.05) is 60.3 Å². The highest BCUT2D eigenvalue weighted by Crippen LogP contribution is 2.35. The summed E-state index contributed by atoms with van der Waals surface area (Å²) in [5.41, 5.74) is 12.5. The van der Waals surface area contributed by atoms with E-state index < -0.39 is 0 Å². The molecule has 0 bridgehead atoms. The maximum Gasteiger partial charge on any atom is 0.188 e. The minimum absolute atomic E-state index is 0.184. The van der Waals surface area contributed by atoms with E-state index in [4.69, 9.17) is 0 Å². The SMILES string of the molecule is Cc1ccc(C2CC3C4NN=C(SCCc5ccccc5)N4C=CN3N2)cc1C.